The fourth-order valence-corrected chi connectivity index (χ4v) is 14.8. The number of ether oxygens (including phenoxy) is 6. The van der Waals surface area contributed by atoms with E-state index in [-0.39, 0.29) is 52.1 Å². The molecular formula is C43H70O14. The Morgan fingerprint density at radius 1 is 0.684 bits per heavy atom. The summed E-state index contributed by atoms with van der Waals surface area (Å²) in [6.07, 6.45) is -5.22. The summed E-state index contributed by atoms with van der Waals surface area (Å²) < 4.78 is 36.8. The molecule has 0 aromatic heterocycles. The Bertz CT molecular complexity index is 1510. The van der Waals surface area contributed by atoms with Gasteiger partial charge < -0.3 is 69.3 Å². The van der Waals surface area contributed by atoms with Gasteiger partial charge in [-0.1, -0.05) is 32.4 Å². The minimum atomic E-state index is -1.66. The van der Waals surface area contributed by atoms with Gasteiger partial charge in [-0.05, 0) is 118 Å². The van der Waals surface area contributed by atoms with Crippen molar-refractivity contribution in [1.82, 2.24) is 0 Å². The number of allylic oxidation sites excluding steroid dienone is 1. The van der Waals surface area contributed by atoms with E-state index in [2.05, 4.69) is 20.8 Å². The first kappa shape index (κ1) is 42.9. The van der Waals surface area contributed by atoms with Crippen molar-refractivity contribution in [2.45, 2.75) is 185 Å². The molecular weight excluding hydrogens is 740 g/mol. The van der Waals surface area contributed by atoms with Crippen LogP contribution in [0.1, 0.15) is 99.3 Å². The van der Waals surface area contributed by atoms with Crippen LogP contribution in [0.5, 0.6) is 0 Å². The molecule has 0 amide bonds. The van der Waals surface area contributed by atoms with Gasteiger partial charge in [0.05, 0.1) is 31.5 Å². The van der Waals surface area contributed by atoms with Crippen LogP contribution in [-0.4, -0.2) is 147 Å². The Balaban J connectivity index is 1.03. The lowest BCUT2D eigenvalue weighted by molar-refractivity contribution is -0.376. The standard InChI is InChI=1S/C43H70O14/c1-20(2)16-23-30(47)28(36(52-7)54-23)22-10-12-41(6)26-9-8-25-39(4,19-45)27(11-13-42(25)18-43(26,42)15-14-40(22,41)5)56-38-35(33(50)31(48)24(17-44)55-38)57-37-34(51)32(49)29(46)21(3)53-37/h16,21-38,44-51H,8-15,17-19H2,1-7H3/t21-,22+,23+,24+,25+,26-,27-,28-,29-,30-,31+,32+,33-,34+,35+,36+,37-,38-,39+,40+,41-,42+,43-/m0/s1. The van der Waals surface area contributed by atoms with E-state index in [1.165, 1.54) is 6.92 Å². The largest absolute Gasteiger partial charge is 0.396 e. The van der Waals surface area contributed by atoms with Crippen LogP contribution in [0.25, 0.3) is 0 Å². The van der Waals surface area contributed by atoms with Crippen LogP contribution in [0.15, 0.2) is 11.6 Å². The number of aliphatic hydroxyl groups is 8. The van der Waals surface area contributed by atoms with E-state index in [0.717, 1.165) is 56.9 Å². The van der Waals surface area contributed by atoms with Crippen LogP contribution < -0.4 is 0 Å². The van der Waals surface area contributed by atoms with E-state index in [0.29, 0.717) is 12.3 Å². The molecule has 3 aliphatic heterocycles. The molecule has 0 bridgehead atoms. The Hall–Kier alpha value is -0.820. The van der Waals surface area contributed by atoms with Crippen molar-refractivity contribution in [1.29, 1.82) is 0 Å². The monoisotopic (exact) mass is 810 g/mol. The van der Waals surface area contributed by atoms with Gasteiger partial charge in [0.2, 0.25) is 0 Å². The smallest absolute Gasteiger partial charge is 0.187 e. The second-order valence-electron chi connectivity index (χ2n) is 20.5. The average Bonchev–Trinajstić information content (AvgIpc) is 3.65. The second kappa shape index (κ2) is 14.9. The summed E-state index contributed by atoms with van der Waals surface area (Å²) in [6, 6.07) is 0. The molecule has 14 nitrogen and oxygen atoms in total. The van der Waals surface area contributed by atoms with Crippen molar-refractivity contribution >= 4 is 0 Å². The number of fused-ring (bicyclic) bond motifs is 2. The molecule has 8 fully saturated rings. The Kier molecular flexibility index (Phi) is 11.2. The van der Waals surface area contributed by atoms with Gasteiger partial charge in [0.15, 0.2) is 18.9 Å². The summed E-state index contributed by atoms with van der Waals surface area (Å²) in [4.78, 5) is 0. The summed E-state index contributed by atoms with van der Waals surface area (Å²) in [5.74, 6) is 0.794. The minimum Gasteiger partial charge on any atom is -0.396 e. The Morgan fingerprint density at radius 3 is 2.05 bits per heavy atom. The summed E-state index contributed by atoms with van der Waals surface area (Å²) in [6.45, 7) is 11.9. The van der Waals surface area contributed by atoms with Crippen molar-refractivity contribution in [3.05, 3.63) is 11.6 Å². The van der Waals surface area contributed by atoms with Crippen molar-refractivity contribution in [2.75, 3.05) is 20.3 Å². The normalized spacial score (nSPS) is 58.3. The molecule has 23 atom stereocenters. The maximum atomic E-state index is 11.7. The van der Waals surface area contributed by atoms with E-state index in [1.54, 1.807) is 7.11 Å². The molecule has 0 radical (unpaired) electrons. The van der Waals surface area contributed by atoms with Gasteiger partial charge in [0.25, 0.3) is 0 Å². The number of methoxy groups -OCH3 is 1. The van der Waals surface area contributed by atoms with Crippen LogP contribution in [0.4, 0.5) is 0 Å². The third-order valence-corrected chi connectivity index (χ3v) is 18.0. The number of hydrogen-bond donors (Lipinski definition) is 8. The molecule has 57 heavy (non-hydrogen) atoms. The van der Waals surface area contributed by atoms with E-state index >= 15 is 0 Å². The van der Waals surface area contributed by atoms with Crippen LogP contribution in [-0.2, 0) is 28.4 Å². The average molecular weight is 811 g/mol. The highest BCUT2D eigenvalue weighted by atomic mass is 16.8. The van der Waals surface area contributed by atoms with E-state index in [4.69, 9.17) is 28.4 Å². The van der Waals surface area contributed by atoms with Crippen LogP contribution in [0.2, 0.25) is 0 Å². The van der Waals surface area contributed by atoms with E-state index < -0.39 is 91.9 Å². The number of hydrogen-bond acceptors (Lipinski definition) is 14. The molecule has 0 aromatic carbocycles. The lowest BCUT2D eigenvalue weighted by Crippen LogP contribution is -2.65. The molecule has 8 rings (SSSR count). The Morgan fingerprint density at radius 2 is 1.39 bits per heavy atom. The summed E-state index contributed by atoms with van der Waals surface area (Å²) >= 11 is 0. The van der Waals surface area contributed by atoms with Gasteiger partial charge in [-0.15, -0.1) is 0 Å². The highest BCUT2D eigenvalue weighted by molar-refractivity contribution is 5.31. The van der Waals surface area contributed by atoms with Gasteiger partial charge in [-0.3, -0.25) is 0 Å². The maximum Gasteiger partial charge on any atom is 0.187 e. The third kappa shape index (κ3) is 6.08. The first-order valence-corrected chi connectivity index (χ1v) is 21.6. The lowest BCUT2D eigenvalue weighted by atomic mass is 9.41. The van der Waals surface area contributed by atoms with Crippen molar-refractivity contribution in [2.24, 2.45) is 50.7 Å². The first-order valence-electron chi connectivity index (χ1n) is 21.6. The topological polar surface area (TPSA) is 217 Å². The van der Waals surface area contributed by atoms with E-state index in [1.807, 2.05) is 19.9 Å². The minimum absolute atomic E-state index is 0.00465. The number of rotatable bonds is 9. The molecule has 5 aliphatic carbocycles. The molecule has 2 spiro atoms. The third-order valence-electron chi connectivity index (χ3n) is 18.0. The van der Waals surface area contributed by atoms with Gasteiger partial charge >= 0.3 is 0 Å². The Labute approximate surface area is 336 Å². The van der Waals surface area contributed by atoms with E-state index in [9.17, 15) is 40.9 Å². The molecule has 8 aliphatic rings. The predicted molar refractivity (Wildman–Crippen MR) is 203 cm³/mol. The fourth-order valence-electron chi connectivity index (χ4n) is 14.8. The second-order valence-corrected chi connectivity index (χ2v) is 20.5. The fraction of sp³-hybridized carbons (Fsp3) is 0.953. The van der Waals surface area contributed by atoms with Crippen molar-refractivity contribution in [3.63, 3.8) is 0 Å². The zero-order valence-electron chi connectivity index (χ0n) is 34.8. The first-order chi connectivity index (χ1) is 26.9. The summed E-state index contributed by atoms with van der Waals surface area (Å²) in [5.41, 5.74) is 0.650. The SMILES string of the molecule is CO[C@@H]1O[C@H](C=C(C)C)[C@H](O)[C@@H]1[C@H]1CC[C@@]2(C)[C@@H]3CC[C@@H]4[C@@](C)(CO)[C@@H](O[C@@H]5O[C@H](CO)[C@@H](O)[C@H](O)[C@H]5O[C@@H]5O[C@@H](C)[C@H](O)[C@@H](O)[C@H]5O)CC[C@@]45C[C@@]35CC[C@]12C. The quantitative estimate of drug-likeness (QED) is 0.123. The molecule has 326 valence electrons. The molecule has 0 aromatic rings. The molecule has 3 heterocycles. The van der Waals surface area contributed by atoms with Crippen LogP contribution >= 0.6 is 0 Å². The van der Waals surface area contributed by atoms with Gasteiger partial charge in [0.1, 0.15) is 48.8 Å². The molecule has 3 saturated heterocycles. The molecule has 8 N–H and O–H groups in total. The van der Waals surface area contributed by atoms with Crippen molar-refractivity contribution < 1.29 is 69.3 Å². The highest BCUT2D eigenvalue weighted by Crippen LogP contribution is 2.89. The summed E-state index contributed by atoms with van der Waals surface area (Å²) in [5, 5.41) is 86.8. The van der Waals surface area contributed by atoms with Crippen LogP contribution in [0.3, 0.4) is 0 Å². The zero-order valence-corrected chi connectivity index (χ0v) is 34.8. The van der Waals surface area contributed by atoms with Gasteiger partial charge in [-0.2, -0.15) is 0 Å². The highest BCUT2D eigenvalue weighted by Gasteiger charge is 2.83. The summed E-state index contributed by atoms with van der Waals surface area (Å²) in [7, 11) is 1.69. The maximum absolute atomic E-state index is 11.7. The van der Waals surface area contributed by atoms with Crippen molar-refractivity contribution in [3.8, 4) is 0 Å². The van der Waals surface area contributed by atoms with Crippen LogP contribution in [0, 0.1) is 50.7 Å². The van der Waals surface area contributed by atoms with Gasteiger partial charge in [0, 0.05) is 18.4 Å². The van der Waals surface area contributed by atoms with Gasteiger partial charge in [-0.25, -0.2) is 0 Å². The molecule has 5 saturated carbocycles. The lowest BCUT2D eigenvalue weighted by Gasteiger charge is -2.64. The zero-order chi connectivity index (χ0) is 41.2. The molecule has 14 heteroatoms. The number of aliphatic hydroxyl groups excluding tert-OH is 8. The predicted octanol–water partition coefficient (Wildman–Crippen LogP) is 1.75. The molecule has 0 unspecified atom stereocenters.